The summed E-state index contributed by atoms with van der Waals surface area (Å²) in [5, 5.41) is 13.5. The lowest BCUT2D eigenvalue weighted by Crippen LogP contribution is -2.50. The number of fused-ring (bicyclic) bond motifs is 3. The SMILES string of the molecule is C/C=C/c1ccc2n(c1=O)C[C@@H]1[C@@H](CO)[C@H](C(=O)NC3CCCC3)N(CCC)[C@H]21. The van der Waals surface area contributed by atoms with Crippen LogP contribution in [0.3, 0.4) is 0 Å². The number of hydrogen-bond donors (Lipinski definition) is 2. The van der Waals surface area contributed by atoms with Gasteiger partial charge in [-0.1, -0.05) is 31.9 Å². The molecule has 2 N–H and O–H groups in total. The van der Waals surface area contributed by atoms with Gasteiger partial charge in [0.15, 0.2) is 0 Å². The first-order valence-corrected chi connectivity index (χ1v) is 11.1. The number of carbonyl (C=O) groups is 1. The first-order chi connectivity index (χ1) is 14.1. The highest BCUT2D eigenvalue weighted by Crippen LogP contribution is 2.49. The minimum Gasteiger partial charge on any atom is -0.396 e. The number of nitrogens with one attached hydrogen (secondary N) is 1. The average molecular weight is 400 g/mol. The summed E-state index contributed by atoms with van der Waals surface area (Å²) < 4.78 is 1.86. The van der Waals surface area contributed by atoms with Crippen LogP contribution in [0, 0.1) is 11.8 Å². The molecule has 0 unspecified atom stereocenters. The third-order valence-corrected chi connectivity index (χ3v) is 7.02. The molecular formula is C23H33N3O3. The molecule has 4 rings (SSSR count). The van der Waals surface area contributed by atoms with Crippen LogP contribution in [0.5, 0.6) is 0 Å². The maximum absolute atomic E-state index is 13.3. The van der Waals surface area contributed by atoms with Crippen molar-refractivity contribution >= 4 is 12.0 Å². The van der Waals surface area contributed by atoms with Crippen molar-refractivity contribution in [1.29, 1.82) is 0 Å². The number of likely N-dealkylation sites (tertiary alicyclic amines) is 1. The number of aliphatic hydroxyl groups excluding tert-OH is 1. The lowest BCUT2D eigenvalue weighted by Gasteiger charge is -2.31. The molecule has 29 heavy (non-hydrogen) atoms. The number of carbonyl (C=O) groups excluding carboxylic acids is 1. The second kappa shape index (κ2) is 8.44. The van der Waals surface area contributed by atoms with Gasteiger partial charge >= 0.3 is 0 Å². The van der Waals surface area contributed by atoms with Gasteiger partial charge in [-0.25, -0.2) is 0 Å². The zero-order valence-corrected chi connectivity index (χ0v) is 17.5. The van der Waals surface area contributed by atoms with E-state index in [0.29, 0.717) is 12.1 Å². The van der Waals surface area contributed by atoms with E-state index in [1.807, 2.05) is 35.8 Å². The van der Waals surface area contributed by atoms with Crippen molar-refractivity contribution in [3.63, 3.8) is 0 Å². The van der Waals surface area contributed by atoms with Crippen LogP contribution in [0.25, 0.3) is 6.08 Å². The minimum atomic E-state index is -0.324. The topological polar surface area (TPSA) is 74.6 Å². The lowest BCUT2D eigenvalue weighted by atomic mass is 9.88. The molecule has 1 saturated heterocycles. The number of pyridine rings is 1. The van der Waals surface area contributed by atoms with E-state index in [1.54, 1.807) is 0 Å². The van der Waals surface area contributed by atoms with Gasteiger partial charge in [0.1, 0.15) is 0 Å². The maximum Gasteiger partial charge on any atom is 0.258 e. The highest BCUT2D eigenvalue weighted by atomic mass is 16.3. The largest absolute Gasteiger partial charge is 0.396 e. The van der Waals surface area contributed by atoms with Crippen LogP contribution in [0.4, 0.5) is 0 Å². The number of aromatic nitrogens is 1. The van der Waals surface area contributed by atoms with Crippen LogP contribution in [0.15, 0.2) is 23.0 Å². The van der Waals surface area contributed by atoms with Crippen molar-refractivity contribution in [2.24, 2.45) is 11.8 Å². The minimum absolute atomic E-state index is 0.0128. The van der Waals surface area contributed by atoms with Gasteiger partial charge in [0.05, 0.1) is 12.1 Å². The molecule has 1 aliphatic carbocycles. The number of amides is 1. The zero-order valence-electron chi connectivity index (χ0n) is 17.5. The van der Waals surface area contributed by atoms with Crippen LogP contribution in [0.2, 0.25) is 0 Å². The summed E-state index contributed by atoms with van der Waals surface area (Å²) in [7, 11) is 0. The Bertz CT molecular complexity index is 840. The van der Waals surface area contributed by atoms with Crippen molar-refractivity contribution < 1.29 is 9.90 Å². The molecule has 4 atom stereocenters. The Morgan fingerprint density at radius 2 is 2.07 bits per heavy atom. The normalized spacial score (nSPS) is 29.5. The van der Waals surface area contributed by atoms with Gasteiger partial charge in [-0.15, -0.1) is 0 Å². The molecule has 3 heterocycles. The summed E-state index contributed by atoms with van der Waals surface area (Å²) in [4.78, 5) is 28.5. The Labute approximate surface area is 172 Å². The molecule has 0 bridgehead atoms. The molecule has 6 heteroatoms. The third-order valence-electron chi connectivity index (χ3n) is 7.02. The van der Waals surface area contributed by atoms with E-state index in [0.717, 1.165) is 31.5 Å². The Hall–Kier alpha value is -1.92. The van der Waals surface area contributed by atoms with Crippen molar-refractivity contribution in [1.82, 2.24) is 14.8 Å². The summed E-state index contributed by atoms with van der Waals surface area (Å²) in [5.41, 5.74) is 1.70. The van der Waals surface area contributed by atoms with E-state index in [-0.39, 0.29) is 48.0 Å². The summed E-state index contributed by atoms with van der Waals surface area (Å²) in [6, 6.07) is 3.88. The number of allylic oxidation sites excluding steroid dienone is 1. The van der Waals surface area contributed by atoms with Crippen molar-refractivity contribution in [2.75, 3.05) is 13.2 Å². The van der Waals surface area contributed by atoms with E-state index < -0.39 is 0 Å². The van der Waals surface area contributed by atoms with Gasteiger partial charge in [-0.3, -0.25) is 14.5 Å². The number of rotatable bonds is 6. The van der Waals surface area contributed by atoms with E-state index in [4.69, 9.17) is 0 Å². The Morgan fingerprint density at radius 1 is 1.31 bits per heavy atom. The number of aliphatic hydroxyl groups is 1. The van der Waals surface area contributed by atoms with Gasteiger partial charge in [-0.2, -0.15) is 0 Å². The van der Waals surface area contributed by atoms with Crippen molar-refractivity contribution in [3.05, 3.63) is 39.8 Å². The molecule has 6 nitrogen and oxygen atoms in total. The molecular weight excluding hydrogens is 366 g/mol. The molecule has 2 aliphatic heterocycles. The molecule has 0 radical (unpaired) electrons. The van der Waals surface area contributed by atoms with Gasteiger partial charge in [0.25, 0.3) is 5.56 Å². The molecule has 1 aromatic heterocycles. The molecule has 0 aromatic carbocycles. The summed E-state index contributed by atoms with van der Waals surface area (Å²) >= 11 is 0. The average Bonchev–Trinajstić information content (AvgIpc) is 3.40. The molecule has 158 valence electrons. The van der Waals surface area contributed by atoms with Crippen LogP contribution < -0.4 is 10.9 Å². The van der Waals surface area contributed by atoms with Gasteiger partial charge < -0.3 is 15.0 Å². The second-order valence-corrected chi connectivity index (χ2v) is 8.76. The fourth-order valence-electron chi connectivity index (χ4n) is 5.80. The lowest BCUT2D eigenvalue weighted by molar-refractivity contribution is -0.128. The molecule has 1 aromatic rings. The van der Waals surface area contributed by atoms with Crippen LogP contribution in [-0.4, -0.2) is 45.7 Å². The monoisotopic (exact) mass is 399 g/mol. The first kappa shape index (κ1) is 20.4. The van der Waals surface area contributed by atoms with Gasteiger partial charge in [0.2, 0.25) is 5.91 Å². The van der Waals surface area contributed by atoms with Gasteiger partial charge in [0, 0.05) is 42.3 Å². The van der Waals surface area contributed by atoms with Crippen LogP contribution >= 0.6 is 0 Å². The highest BCUT2D eigenvalue weighted by Gasteiger charge is 2.55. The fraction of sp³-hybridized carbons (Fsp3) is 0.652. The summed E-state index contributed by atoms with van der Waals surface area (Å²) in [6.45, 7) is 5.34. The van der Waals surface area contributed by atoms with E-state index in [1.165, 1.54) is 12.8 Å². The number of hydrogen-bond acceptors (Lipinski definition) is 4. The Kier molecular flexibility index (Phi) is 5.93. The van der Waals surface area contributed by atoms with E-state index in [9.17, 15) is 14.7 Å². The third kappa shape index (κ3) is 3.46. The Morgan fingerprint density at radius 3 is 2.72 bits per heavy atom. The highest BCUT2D eigenvalue weighted by molar-refractivity contribution is 5.83. The predicted molar refractivity (Wildman–Crippen MR) is 113 cm³/mol. The molecule has 1 amide bonds. The van der Waals surface area contributed by atoms with Crippen molar-refractivity contribution in [2.45, 2.75) is 70.6 Å². The van der Waals surface area contributed by atoms with E-state index >= 15 is 0 Å². The van der Waals surface area contributed by atoms with Crippen molar-refractivity contribution in [3.8, 4) is 0 Å². The Balaban J connectivity index is 1.68. The predicted octanol–water partition coefficient (Wildman–Crippen LogP) is 2.31. The quantitative estimate of drug-likeness (QED) is 0.770. The molecule has 2 fully saturated rings. The molecule has 0 spiro atoms. The summed E-state index contributed by atoms with van der Waals surface area (Å²) in [5.74, 6) is -0.0184. The van der Waals surface area contributed by atoms with Crippen LogP contribution in [0.1, 0.15) is 63.3 Å². The maximum atomic E-state index is 13.3. The fourth-order valence-corrected chi connectivity index (χ4v) is 5.80. The smallest absolute Gasteiger partial charge is 0.258 e. The zero-order chi connectivity index (χ0) is 20.5. The number of nitrogens with zero attached hydrogens (tertiary/aromatic N) is 2. The molecule has 3 aliphatic rings. The summed E-state index contributed by atoms with van der Waals surface area (Å²) in [6.07, 6.45) is 9.10. The molecule has 1 saturated carbocycles. The first-order valence-electron chi connectivity index (χ1n) is 11.1. The standard InChI is InChI=1S/C23H33N3O3/c1-3-7-15-10-11-19-20-17(13-26(19)23(15)29)18(14-27)21(25(20)12-4-2)22(28)24-16-8-5-6-9-16/h3,7,10-11,16-18,20-21,27H,4-6,8-9,12-14H2,1-2H3,(H,24,28)/b7-3+/t17-,18-,20+,21-/m1/s1. The van der Waals surface area contributed by atoms with Gasteiger partial charge in [-0.05, 0) is 44.9 Å². The second-order valence-electron chi connectivity index (χ2n) is 8.76. The van der Waals surface area contributed by atoms with Crippen LogP contribution in [-0.2, 0) is 11.3 Å². The van der Waals surface area contributed by atoms with E-state index in [2.05, 4.69) is 17.1 Å².